The van der Waals surface area contributed by atoms with Crippen LogP contribution in [0.5, 0.6) is 5.75 Å². The summed E-state index contributed by atoms with van der Waals surface area (Å²) >= 11 is 0. The molecule has 2 rings (SSSR count). The molecule has 0 spiro atoms. The van der Waals surface area contributed by atoms with Crippen molar-refractivity contribution in [3.63, 3.8) is 0 Å². The van der Waals surface area contributed by atoms with E-state index in [0.717, 1.165) is 16.8 Å². The summed E-state index contributed by atoms with van der Waals surface area (Å²) in [6, 6.07) is 11.6. The maximum Gasteiger partial charge on any atom is 0.262 e. The molecule has 0 saturated carbocycles. The first-order valence-electron chi connectivity index (χ1n) is 8.40. The van der Waals surface area contributed by atoms with Crippen LogP contribution in [0.15, 0.2) is 47.4 Å². The lowest BCUT2D eigenvalue weighted by molar-refractivity contribution is -0.118. The van der Waals surface area contributed by atoms with Crippen LogP contribution in [0.3, 0.4) is 0 Å². The van der Waals surface area contributed by atoms with Crippen LogP contribution in [0.2, 0.25) is 0 Å². The van der Waals surface area contributed by atoms with Crippen molar-refractivity contribution in [2.75, 3.05) is 32.2 Å². The number of ether oxygens (including phenoxy) is 2. The Morgan fingerprint density at radius 1 is 1.07 bits per heavy atom. The molecule has 0 aromatic heterocycles. The zero-order valence-corrected chi connectivity index (χ0v) is 16.4. The second-order valence-corrected chi connectivity index (χ2v) is 7.78. The van der Waals surface area contributed by atoms with E-state index in [9.17, 15) is 13.2 Å². The molecule has 0 heterocycles. The van der Waals surface area contributed by atoms with Crippen LogP contribution in [0.1, 0.15) is 11.1 Å². The van der Waals surface area contributed by atoms with Gasteiger partial charge in [-0.2, -0.15) is 0 Å². The van der Waals surface area contributed by atoms with Crippen LogP contribution in [-0.4, -0.2) is 41.2 Å². The van der Waals surface area contributed by atoms with Gasteiger partial charge in [-0.25, -0.2) is 13.1 Å². The van der Waals surface area contributed by atoms with Crippen molar-refractivity contribution < 1.29 is 22.7 Å². The number of amides is 1. The van der Waals surface area contributed by atoms with Gasteiger partial charge in [0.25, 0.3) is 5.91 Å². The topological polar surface area (TPSA) is 93.7 Å². The number of anilines is 1. The van der Waals surface area contributed by atoms with E-state index >= 15 is 0 Å². The van der Waals surface area contributed by atoms with Crippen LogP contribution in [0, 0.1) is 13.8 Å². The van der Waals surface area contributed by atoms with Gasteiger partial charge in [-0.05, 0) is 49.7 Å². The van der Waals surface area contributed by atoms with Gasteiger partial charge in [-0.3, -0.25) is 4.79 Å². The molecule has 2 aromatic carbocycles. The number of aryl methyl sites for hydroxylation is 2. The zero-order chi connectivity index (χ0) is 19.9. The molecule has 2 N–H and O–H groups in total. The van der Waals surface area contributed by atoms with Gasteiger partial charge in [0, 0.05) is 19.3 Å². The Labute approximate surface area is 159 Å². The summed E-state index contributed by atoms with van der Waals surface area (Å²) in [5.74, 6) is 0.113. The fourth-order valence-corrected chi connectivity index (χ4v) is 3.38. The predicted molar refractivity (Wildman–Crippen MR) is 104 cm³/mol. The van der Waals surface area contributed by atoms with E-state index in [1.165, 1.54) is 31.4 Å². The molecule has 8 heteroatoms. The maximum atomic E-state index is 12.1. The number of hydrogen-bond acceptors (Lipinski definition) is 5. The van der Waals surface area contributed by atoms with Crippen molar-refractivity contribution in [1.82, 2.24) is 4.72 Å². The fourth-order valence-electron chi connectivity index (χ4n) is 2.37. The minimum Gasteiger partial charge on any atom is -0.484 e. The van der Waals surface area contributed by atoms with Crippen molar-refractivity contribution in [3.8, 4) is 5.75 Å². The lowest BCUT2D eigenvalue weighted by Crippen LogP contribution is -2.27. The number of hydrogen-bond donors (Lipinski definition) is 2. The summed E-state index contributed by atoms with van der Waals surface area (Å²) in [6.45, 7) is 4.21. The highest BCUT2D eigenvalue weighted by atomic mass is 32.2. The molecule has 0 unspecified atom stereocenters. The Morgan fingerprint density at radius 2 is 1.78 bits per heavy atom. The first-order valence-corrected chi connectivity index (χ1v) is 9.89. The van der Waals surface area contributed by atoms with Crippen LogP contribution >= 0.6 is 0 Å². The van der Waals surface area contributed by atoms with Crippen molar-refractivity contribution >= 4 is 21.6 Å². The SMILES string of the molecule is COCCNS(=O)(=O)c1ccc(OCC(=O)Nc2ccc(C)cc2C)cc1. The van der Waals surface area contributed by atoms with Gasteiger partial charge in [-0.15, -0.1) is 0 Å². The molecule has 0 saturated heterocycles. The quantitative estimate of drug-likeness (QED) is 0.639. The van der Waals surface area contributed by atoms with Crippen molar-refractivity contribution in [2.45, 2.75) is 18.7 Å². The molecular weight excluding hydrogens is 368 g/mol. The average molecular weight is 392 g/mol. The third-order valence-corrected chi connectivity index (χ3v) is 5.24. The molecule has 2 aromatic rings. The van der Waals surface area contributed by atoms with Crippen molar-refractivity contribution in [2.24, 2.45) is 0 Å². The van der Waals surface area contributed by atoms with Gasteiger partial charge < -0.3 is 14.8 Å². The number of nitrogens with one attached hydrogen (secondary N) is 2. The smallest absolute Gasteiger partial charge is 0.262 e. The van der Waals surface area contributed by atoms with Crippen LogP contribution in [0.25, 0.3) is 0 Å². The highest BCUT2D eigenvalue weighted by Crippen LogP contribution is 2.17. The van der Waals surface area contributed by atoms with Crippen molar-refractivity contribution in [3.05, 3.63) is 53.6 Å². The standard InChI is InChI=1S/C19H24N2O5S/c1-14-4-9-18(15(2)12-14)21-19(22)13-26-16-5-7-17(8-6-16)27(23,24)20-10-11-25-3/h4-9,12,20H,10-11,13H2,1-3H3,(H,21,22). The molecule has 0 aliphatic heterocycles. The normalized spacial score (nSPS) is 11.2. The Kier molecular flexibility index (Phi) is 7.35. The van der Waals surface area contributed by atoms with Crippen LogP contribution in [0.4, 0.5) is 5.69 Å². The first-order chi connectivity index (χ1) is 12.8. The largest absolute Gasteiger partial charge is 0.484 e. The summed E-state index contributed by atoms with van der Waals surface area (Å²) in [6.07, 6.45) is 0. The minimum atomic E-state index is -3.59. The summed E-state index contributed by atoms with van der Waals surface area (Å²) in [5, 5.41) is 2.79. The molecular formula is C19H24N2O5S. The molecule has 0 fully saturated rings. The van der Waals surface area contributed by atoms with Gasteiger partial charge in [0.05, 0.1) is 11.5 Å². The number of carbonyl (C=O) groups excluding carboxylic acids is 1. The number of benzene rings is 2. The molecule has 0 aliphatic carbocycles. The van der Waals surface area contributed by atoms with E-state index in [4.69, 9.17) is 9.47 Å². The molecule has 0 aliphatic rings. The van der Waals surface area contributed by atoms with Crippen molar-refractivity contribution in [1.29, 1.82) is 0 Å². The monoisotopic (exact) mass is 392 g/mol. The summed E-state index contributed by atoms with van der Waals surface area (Å²) in [4.78, 5) is 12.2. The Balaban J connectivity index is 1.90. The third kappa shape index (κ3) is 6.35. The minimum absolute atomic E-state index is 0.116. The molecule has 0 radical (unpaired) electrons. The number of rotatable bonds is 9. The van der Waals surface area contributed by atoms with Gasteiger partial charge in [0.1, 0.15) is 5.75 Å². The molecule has 7 nitrogen and oxygen atoms in total. The van der Waals surface area contributed by atoms with E-state index in [1.54, 1.807) is 0 Å². The predicted octanol–water partition coefficient (Wildman–Crippen LogP) is 2.25. The third-order valence-electron chi connectivity index (χ3n) is 3.76. The van der Waals surface area contributed by atoms with E-state index in [1.807, 2.05) is 32.0 Å². The summed E-state index contributed by atoms with van der Waals surface area (Å²) < 4.78 is 36.8. The zero-order valence-electron chi connectivity index (χ0n) is 15.6. The molecule has 1 amide bonds. The second-order valence-electron chi connectivity index (χ2n) is 6.02. The number of carbonyl (C=O) groups is 1. The summed E-state index contributed by atoms with van der Waals surface area (Å²) in [7, 11) is -2.10. The van der Waals surface area contributed by atoms with E-state index in [-0.39, 0.29) is 30.6 Å². The highest BCUT2D eigenvalue weighted by Gasteiger charge is 2.13. The molecule has 0 bridgehead atoms. The Hall–Kier alpha value is -2.42. The molecule has 146 valence electrons. The Bertz CT molecular complexity index is 879. The lowest BCUT2D eigenvalue weighted by atomic mass is 10.1. The van der Waals surface area contributed by atoms with E-state index in [2.05, 4.69) is 10.0 Å². The fraction of sp³-hybridized carbons (Fsp3) is 0.316. The average Bonchev–Trinajstić information content (AvgIpc) is 2.63. The number of methoxy groups -OCH3 is 1. The molecule has 27 heavy (non-hydrogen) atoms. The summed E-state index contributed by atoms with van der Waals surface area (Å²) in [5.41, 5.74) is 2.82. The van der Waals surface area contributed by atoms with E-state index in [0.29, 0.717) is 5.75 Å². The first kappa shape index (κ1) is 20.9. The second kappa shape index (κ2) is 9.50. The Morgan fingerprint density at radius 3 is 2.41 bits per heavy atom. The van der Waals surface area contributed by atoms with Gasteiger partial charge in [-0.1, -0.05) is 17.7 Å². The molecule has 0 atom stereocenters. The van der Waals surface area contributed by atoms with E-state index < -0.39 is 10.0 Å². The lowest BCUT2D eigenvalue weighted by Gasteiger charge is -2.11. The van der Waals surface area contributed by atoms with Crippen LogP contribution in [-0.2, 0) is 19.6 Å². The highest BCUT2D eigenvalue weighted by molar-refractivity contribution is 7.89. The maximum absolute atomic E-state index is 12.1. The van der Waals surface area contributed by atoms with Crippen LogP contribution < -0.4 is 14.8 Å². The van der Waals surface area contributed by atoms with Gasteiger partial charge in [0.2, 0.25) is 10.0 Å². The van der Waals surface area contributed by atoms with Gasteiger partial charge >= 0.3 is 0 Å². The van der Waals surface area contributed by atoms with Gasteiger partial charge in [0.15, 0.2) is 6.61 Å². The number of sulfonamides is 1.